The maximum Gasteiger partial charge on any atom is 0.325 e. The highest BCUT2D eigenvalue weighted by molar-refractivity contribution is 5.96. The molecule has 0 fully saturated rings. The van der Waals surface area contributed by atoms with Crippen LogP contribution >= 0.6 is 0 Å². The summed E-state index contributed by atoms with van der Waals surface area (Å²) in [5.74, 6) is -0.481. The Morgan fingerprint density at radius 1 is 1.10 bits per heavy atom. The van der Waals surface area contributed by atoms with Gasteiger partial charge in [-0.15, -0.1) is 0 Å². The van der Waals surface area contributed by atoms with Gasteiger partial charge in [0.25, 0.3) is 5.91 Å². The predicted octanol–water partition coefficient (Wildman–Crippen LogP) is 2.72. The average molecular weight is 277 g/mol. The summed E-state index contributed by atoms with van der Waals surface area (Å²) in [5.41, 5.74) is 2.71. The van der Waals surface area contributed by atoms with Crippen molar-refractivity contribution in [2.45, 2.75) is 34.1 Å². The number of carbonyl (C=O) groups excluding carboxylic acids is 2. The topological polar surface area (TPSA) is 46.6 Å². The van der Waals surface area contributed by atoms with Crippen LogP contribution < -0.4 is 0 Å². The van der Waals surface area contributed by atoms with Gasteiger partial charge >= 0.3 is 5.97 Å². The molecule has 0 atom stereocenters. The molecule has 0 bridgehead atoms. The SMILES string of the molecule is CCCN(CC(=O)OCC)C(=O)c1cc(C)cc(C)c1. The van der Waals surface area contributed by atoms with E-state index in [0.29, 0.717) is 18.7 Å². The first kappa shape index (κ1) is 16.2. The molecular weight excluding hydrogens is 254 g/mol. The van der Waals surface area contributed by atoms with Gasteiger partial charge in [-0.25, -0.2) is 0 Å². The molecule has 1 amide bonds. The van der Waals surface area contributed by atoms with Crippen molar-refractivity contribution in [3.05, 3.63) is 34.9 Å². The second-order valence-electron chi connectivity index (χ2n) is 4.91. The quantitative estimate of drug-likeness (QED) is 0.751. The highest BCUT2D eigenvalue weighted by Gasteiger charge is 2.19. The van der Waals surface area contributed by atoms with Crippen LogP contribution in [0, 0.1) is 13.8 Å². The zero-order chi connectivity index (χ0) is 15.1. The Morgan fingerprint density at radius 3 is 2.20 bits per heavy atom. The Balaban J connectivity index is 2.89. The van der Waals surface area contributed by atoms with Crippen LogP contribution in [0.2, 0.25) is 0 Å². The monoisotopic (exact) mass is 277 g/mol. The summed E-state index contributed by atoms with van der Waals surface area (Å²) in [6, 6.07) is 5.72. The van der Waals surface area contributed by atoms with Crippen molar-refractivity contribution in [1.82, 2.24) is 4.90 Å². The molecule has 1 aromatic carbocycles. The van der Waals surface area contributed by atoms with Crippen molar-refractivity contribution < 1.29 is 14.3 Å². The predicted molar refractivity (Wildman–Crippen MR) is 78.7 cm³/mol. The lowest BCUT2D eigenvalue weighted by Gasteiger charge is -2.21. The van der Waals surface area contributed by atoms with E-state index in [1.54, 1.807) is 11.8 Å². The van der Waals surface area contributed by atoms with E-state index >= 15 is 0 Å². The first-order valence-corrected chi connectivity index (χ1v) is 7.01. The van der Waals surface area contributed by atoms with E-state index in [1.807, 2.05) is 39.0 Å². The number of rotatable bonds is 6. The number of esters is 1. The zero-order valence-electron chi connectivity index (χ0n) is 12.7. The Morgan fingerprint density at radius 2 is 1.70 bits per heavy atom. The van der Waals surface area contributed by atoms with E-state index in [4.69, 9.17) is 4.74 Å². The zero-order valence-corrected chi connectivity index (χ0v) is 12.7. The normalized spacial score (nSPS) is 10.2. The minimum absolute atomic E-state index is 0.00744. The molecule has 0 heterocycles. The maximum atomic E-state index is 12.5. The van der Waals surface area contributed by atoms with Gasteiger partial charge in [-0.05, 0) is 39.3 Å². The van der Waals surface area contributed by atoms with E-state index in [9.17, 15) is 9.59 Å². The third kappa shape index (κ3) is 4.68. The summed E-state index contributed by atoms with van der Waals surface area (Å²) in [6.45, 7) is 8.54. The first-order chi connectivity index (χ1) is 9.47. The number of carbonyl (C=O) groups is 2. The van der Waals surface area contributed by atoms with Crippen LogP contribution in [0.1, 0.15) is 41.8 Å². The van der Waals surface area contributed by atoms with Crippen molar-refractivity contribution in [1.29, 1.82) is 0 Å². The summed E-state index contributed by atoms with van der Waals surface area (Å²) in [6.07, 6.45) is 0.802. The molecule has 4 heteroatoms. The molecule has 0 aliphatic rings. The summed E-state index contributed by atoms with van der Waals surface area (Å²) < 4.78 is 4.92. The maximum absolute atomic E-state index is 12.5. The third-order valence-corrected chi connectivity index (χ3v) is 2.87. The van der Waals surface area contributed by atoms with E-state index in [-0.39, 0.29) is 18.4 Å². The molecule has 20 heavy (non-hydrogen) atoms. The molecule has 110 valence electrons. The molecule has 0 radical (unpaired) electrons. The third-order valence-electron chi connectivity index (χ3n) is 2.87. The summed E-state index contributed by atoms with van der Waals surface area (Å²) in [4.78, 5) is 25.6. The fourth-order valence-electron chi connectivity index (χ4n) is 2.17. The second-order valence-corrected chi connectivity index (χ2v) is 4.91. The van der Waals surface area contributed by atoms with Gasteiger partial charge in [-0.3, -0.25) is 9.59 Å². The Kier molecular flexibility index (Phi) is 6.22. The van der Waals surface area contributed by atoms with Crippen LogP contribution in [0.5, 0.6) is 0 Å². The van der Waals surface area contributed by atoms with Gasteiger partial charge in [-0.1, -0.05) is 24.1 Å². The van der Waals surface area contributed by atoms with Gasteiger partial charge in [0.05, 0.1) is 6.61 Å². The number of aryl methyl sites for hydroxylation is 2. The fourth-order valence-corrected chi connectivity index (χ4v) is 2.17. The molecule has 1 aromatic rings. The highest BCUT2D eigenvalue weighted by Crippen LogP contribution is 2.12. The van der Waals surface area contributed by atoms with Crippen molar-refractivity contribution in [2.24, 2.45) is 0 Å². The Hall–Kier alpha value is -1.84. The molecule has 0 spiro atoms. The first-order valence-electron chi connectivity index (χ1n) is 7.01. The number of hydrogen-bond donors (Lipinski definition) is 0. The molecule has 0 aliphatic heterocycles. The average Bonchev–Trinajstić information content (AvgIpc) is 2.36. The molecule has 0 saturated heterocycles. The minimum Gasteiger partial charge on any atom is -0.465 e. The van der Waals surface area contributed by atoms with Crippen molar-refractivity contribution in [2.75, 3.05) is 19.7 Å². The number of benzene rings is 1. The molecule has 0 saturated carbocycles. The molecule has 1 rings (SSSR count). The largest absolute Gasteiger partial charge is 0.465 e. The Bertz CT molecular complexity index is 462. The fraction of sp³-hybridized carbons (Fsp3) is 0.500. The number of nitrogens with zero attached hydrogens (tertiary/aromatic N) is 1. The lowest BCUT2D eigenvalue weighted by atomic mass is 10.1. The molecule has 4 nitrogen and oxygen atoms in total. The smallest absolute Gasteiger partial charge is 0.325 e. The summed E-state index contributed by atoms with van der Waals surface area (Å²) in [7, 11) is 0. The van der Waals surface area contributed by atoms with E-state index < -0.39 is 0 Å². The highest BCUT2D eigenvalue weighted by atomic mass is 16.5. The van der Waals surface area contributed by atoms with E-state index in [0.717, 1.165) is 17.5 Å². The van der Waals surface area contributed by atoms with Crippen LogP contribution in [0.3, 0.4) is 0 Å². The van der Waals surface area contributed by atoms with Gasteiger partial charge in [0.15, 0.2) is 0 Å². The number of amides is 1. The Labute approximate surface area is 120 Å². The van der Waals surface area contributed by atoms with E-state index in [2.05, 4.69) is 0 Å². The van der Waals surface area contributed by atoms with Crippen molar-refractivity contribution >= 4 is 11.9 Å². The van der Waals surface area contributed by atoms with Gasteiger partial charge in [-0.2, -0.15) is 0 Å². The number of ether oxygens (including phenoxy) is 1. The summed E-state index contributed by atoms with van der Waals surface area (Å²) >= 11 is 0. The minimum atomic E-state index is -0.362. The van der Waals surface area contributed by atoms with E-state index in [1.165, 1.54) is 0 Å². The van der Waals surface area contributed by atoms with Crippen LogP contribution in [0.25, 0.3) is 0 Å². The van der Waals surface area contributed by atoms with Crippen molar-refractivity contribution in [3.8, 4) is 0 Å². The van der Waals surface area contributed by atoms with Gasteiger partial charge in [0.2, 0.25) is 0 Å². The van der Waals surface area contributed by atoms with Crippen LogP contribution in [0.15, 0.2) is 18.2 Å². The van der Waals surface area contributed by atoms with Gasteiger partial charge in [0.1, 0.15) is 6.54 Å². The second kappa shape index (κ2) is 7.68. The van der Waals surface area contributed by atoms with Gasteiger partial charge < -0.3 is 9.64 Å². The molecule has 0 N–H and O–H groups in total. The summed E-state index contributed by atoms with van der Waals surface area (Å²) in [5, 5.41) is 0. The molecule has 0 aromatic heterocycles. The lowest BCUT2D eigenvalue weighted by Crippen LogP contribution is -2.37. The van der Waals surface area contributed by atoms with Crippen LogP contribution in [0.4, 0.5) is 0 Å². The van der Waals surface area contributed by atoms with Crippen LogP contribution in [-0.4, -0.2) is 36.5 Å². The van der Waals surface area contributed by atoms with Crippen molar-refractivity contribution in [3.63, 3.8) is 0 Å². The number of hydrogen-bond acceptors (Lipinski definition) is 3. The lowest BCUT2D eigenvalue weighted by molar-refractivity contribution is -0.143. The van der Waals surface area contributed by atoms with Crippen LogP contribution in [-0.2, 0) is 9.53 Å². The standard InChI is InChI=1S/C16H23NO3/c1-5-7-17(11-15(18)20-6-2)16(19)14-9-12(3)8-13(4)10-14/h8-10H,5-7,11H2,1-4H3. The molecule has 0 unspecified atom stereocenters. The molecular formula is C16H23NO3. The van der Waals surface area contributed by atoms with Gasteiger partial charge in [0, 0.05) is 12.1 Å². The molecule has 0 aliphatic carbocycles.